The Labute approximate surface area is 133 Å². The first-order chi connectivity index (χ1) is 8.82. The molecular formula is C14H26IN3O. The maximum absolute atomic E-state index is 5.61. The van der Waals surface area contributed by atoms with Crippen LogP contribution in [0.1, 0.15) is 38.5 Å². The van der Waals surface area contributed by atoms with Crippen molar-refractivity contribution in [3.63, 3.8) is 0 Å². The maximum Gasteiger partial charge on any atom is 0.191 e. The van der Waals surface area contributed by atoms with E-state index in [1.54, 1.807) is 0 Å². The number of hydrogen-bond donors (Lipinski definition) is 2. The Morgan fingerprint density at radius 3 is 2.58 bits per heavy atom. The van der Waals surface area contributed by atoms with Crippen LogP contribution in [-0.2, 0) is 4.74 Å². The summed E-state index contributed by atoms with van der Waals surface area (Å²) < 4.78 is 5.61. The largest absolute Gasteiger partial charge is 0.376 e. The molecular weight excluding hydrogens is 353 g/mol. The summed E-state index contributed by atoms with van der Waals surface area (Å²) in [5, 5.41) is 6.89. The zero-order chi connectivity index (χ0) is 12.4. The Morgan fingerprint density at radius 1 is 1.26 bits per heavy atom. The van der Waals surface area contributed by atoms with Crippen LogP contribution in [0.5, 0.6) is 0 Å². The minimum atomic E-state index is 0. The van der Waals surface area contributed by atoms with Crippen molar-refractivity contribution in [1.82, 2.24) is 10.6 Å². The van der Waals surface area contributed by atoms with Crippen LogP contribution in [0, 0.1) is 11.3 Å². The summed E-state index contributed by atoms with van der Waals surface area (Å²) in [6.07, 6.45) is 8.47. The van der Waals surface area contributed by atoms with E-state index >= 15 is 0 Å². The highest BCUT2D eigenvalue weighted by Gasteiger charge is 2.53. The zero-order valence-electron chi connectivity index (χ0n) is 11.8. The van der Waals surface area contributed by atoms with Crippen molar-refractivity contribution in [2.45, 2.75) is 44.6 Å². The number of guanidine groups is 1. The quantitative estimate of drug-likeness (QED) is 0.437. The van der Waals surface area contributed by atoms with Gasteiger partial charge in [0.25, 0.3) is 0 Å². The molecule has 5 heteroatoms. The van der Waals surface area contributed by atoms with Crippen LogP contribution in [-0.4, -0.2) is 38.8 Å². The summed E-state index contributed by atoms with van der Waals surface area (Å²) in [7, 11) is 1.85. The number of aliphatic imine (C=N–C) groups is 1. The average Bonchev–Trinajstić information content (AvgIpc) is 3.29. The van der Waals surface area contributed by atoms with Crippen LogP contribution < -0.4 is 10.6 Å². The zero-order valence-corrected chi connectivity index (χ0v) is 14.1. The summed E-state index contributed by atoms with van der Waals surface area (Å²) in [4.78, 5) is 4.30. The molecule has 2 N–H and O–H groups in total. The van der Waals surface area contributed by atoms with Crippen molar-refractivity contribution in [2.24, 2.45) is 16.3 Å². The van der Waals surface area contributed by atoms with E-state index in [4.69, 9.17) is 4.74 Å². The fourth-order valence-corrected chi connectivity index (χ4v) is 3.08. The number of halogens is 1. The van der Waals surface area contributed by atoms with Gasteiger partial charge in [-0.2, -0.15) is 0 Å². The van der Waals surface area contributed by atoms with E-state index in [0.29, 0.717) is 11.5 Å². The van der Waals surface area contributed by atoms with Gasteiger partial charge >= 0.3 is 0 Å². The predicted molar refractivity (Wildman–Crippen MR) is 88.1 cm³/mol. The van der Waals surface area contributed by atoms with Crippen molar-refractivity contribution in [2.75, 3.05) is 26.7 Å². The molecule has 4 nitrogen and oxygen atoms in total. The van der Waals surface area contributed by atoms with Gasteiger partial charge in [-0.3, -0.25) is 4.99 Å². The van der Waals surface area contributed by atoms with E-state index < -0.39 is 0 Å². The smallest absolute Gasteiger partial charge is 0.191 e. The molecule has 3 aliphatic rings. The fraction of sp³-hybridized carbons (Fsp3) is 0.929. The molecule has 110 valence electrons. The molecule has 0 aromatic carbocycles. The molecule has 19 heavy (non-hydrogen) atoms. The van der Waals surface area contributed by atoms with Gasteiger partial charge in [-0.25, -0.2) is 0 Å². The van der Waals surface area contributed by atoms with Crippen molar-refractivity contribution in [3.05, 3.63) is 0 Å². The Kier molecular flexibility index (Phi) is 5.34. The van der Waals surface area contributed by atoms with Crippen molar-refractivity contribution in [3.8, 4) is 0 Å². The van der Waals surface area contributed by atoms with E-state index in [9.17, 15) is 0 Å². The molecule has 1 atom stereocenters. The first-order valence-corrected chi connectivity index (χ1v) is 7.38. The second-order valence-electron chi connectivity index (χ2n) is 6.08. The first kappa shape index (κ1) is 15.4. The lowest BCUT2D eigenvalue weighted by Gasteiger charge is -2.19. The Balaban J connectivity index is 0.00000133. The number of ether oxygens (including phenoxy) is 1. The third-order valence-electron chi connectivity index (χ3n) is 4.69. The molecule has 3 rings (SSSR count). The number of nitrogens with zero attached hydrogens (tertiary/aromatic N) is 1. The molecule has 1 aliphatic heterocycles. The van der Waals surface area contributed by atoms with E-state index in [2.05, 4.69) is 15.6 Å². The second kappa shape index (κ2) is 6.61. The summed E-state index contributed by atoms with van der Waals surface area (Å²) in [6.45, 7) is 2.90. The molecule has 0 aromatic rings. The topological polar surface area (TPSA) is 45.7 Å². The summed E-state index contributed by atoms with van der Waals surface area (Å²) in [6, 6.07) is 0. The molecule has 0 bridgehead atoms. The highest BCUT2D eigenvalue weighted by molar-refractivity contribution is 14.0. The normalized spacial score (nSPS) is 28.7. The number of hydrogen-bond acceptors (Lipinski definition) is 2. The predicted octanol–water partition coefficient (Wildman–Crippen LogP) is 2.14. The second-order valence-corrected chi connectivity index (χ2v) is 6.08. The van der Waals surface area contributed by atoms with Crippen molar-refractivity contribution < 1.29 is 4.74 Å². The van der Waals surface area contributed by atoms with Gasteiger partial charge in [0.2, 0.25) is 0 Å². The van der Waals surface area contributed by atoms with Crippen LogP contribution in [0.2, 0.25) is 0 Å². The third-order valence-corrected chi connectivity index (χ3v) is 4.69. The highest BCUT2D eigenvalue weighted by atomic mass is 127. The molecule has 3 fully saturated rings. The molecule has 1 unspecified atom stereocenters. The van der Waals surface area contributed by atoms with Gasteiger partial charge in [0, 0.05) is 26.7 Å². The molecule has 2 saturated carbocycles. The molecule has 0 amide bonds. The minimum absolute atomic E-state index is 0. The standard InChI is InChI=1S/C14H25N3O.HI/c1-15-13(16-9-12-3-2-8-18-12)17-10-14(6-7-14)11-4-5-11;/h11-12H,2-10H2,1H3,(H2,15,16,17);1H. The van der Waals surface area contributed by atoms with Crippen LogP contribution >= 0.6 is 24.0 Å². The van der Waals surface area contributed by atoms with Crippen LogP contribution in [0.15, 0.2) is 4.99 Å². The van der Waals surface area contributed by atoms with Crippen LogP contribution in [0.3, 0.4) is 0 Å². The van der Waals surface area contributed by atoms with Crippen molar-refractivity contribution >= 4 is 29.9 Å². The van der Waals surface area contributed by atoms with Gasteiger partial charge in [0.1, 0.15) is 0 Å². The van der Waals surface area contributed by atoms with Crippen LogP contribution in [0.25, 0.3) is 0 Å². The van der Waals surface area contributed by atoms with Gasteiger partial charge in [-0.15, -0.1) is 24.0 Å². The Morgan fingerprint density at radius 2 is 2.05 bits per heavy atom. The Hall–Kier alpha value is -0.0400. The Bertz CT molecular complexity index is 321. The maximum atomic E-state index is 5.61. The molecule has 0 radical (unpaired) electrons. The summed E-state index contributed by atoms with van der Waals surface area (Å²) >= 11 is 0. The number of nitrogens with one attached hydrogen (secondary N) is 2. The number of rotatable bonds is 5. The monoisotopic (exact) mass is 379 g/mol. The molecule has 0 spiro atoms. The highest BCUT2D eigenvalue weighted by Crippen LogP contribution is 2.60. The van der Waals surface area contributed by atoms with Crippen LogP contribution in [0.4, 0.5) is 0 Å². The van der Waals surface area contributed by atoms with Gasteiger partial charge in [-0.05, 0) is 49.9 Å². The van der Waals surface area contributed by atoms with E-state index in [0.717, 1.165) is 31.6 Å². The third kappa shape index (κ3) is 3.97. The lowest BCUT2D eigenvalue weighted by Crippen LogP contribution is -2.43. The summed E-state index contributed by atoms with van der Waals surface area (Å²) in [5.74, 6) is 1.94. The van der Waals surface area contributed by atoms with Gasteiger partial charge in [0.15, 0.2) is 5.96 Å². The van der Waals surface area contributed by atoms with Gasteiger partial charge in [-0.1, -0.05) is 0 Å². The average molecular weight is 379 g/mol. The van der Waals surface area contributed by atoms with E-state index in [-0.39, 0.29) is 24.0 Å². The fourth-order valence-electron chi connectivity index (χ4n) is 3.08. The molecule has 0 aromatic heterocycles. The lowest BCUT2D eigenvalue weighted by molar-refractivity contribution is 0.113. The lowest BCUT2D eigenvalue weighted by atomic mass is 10.0. The van der Waals surface area contributed by atoms with Crippen molar-refractivity contribution in [1.29, 1.82) is 0 Å². The molecule has 1 saturated heterocycles. The SMILES string of the molecule is CN=C(NCC1CCCO1)NCC1(C2CC2)CC1.I. The van der Waals surface area contributed by atoms with Gasteiger partial charge < -0.3 is 15.4 Å². The molecule has 2 aliphatic carbocycles. The molecule has 1 heterocycles. The minimum Gasteiger partial charge on any atom is -0.376 e. The van der Waals surface area contributed by atoms with Gasteiger partial charge in [0.05, 0.1) is 6.10 Å². The van der Waals surface area contributed by atoms with E-state index in [1.165, 1.54) is 38.5 Å². The summed E-state index contributed by atoms with van der Waals surface area (Å²) in [5.41, 5.74) is 0.626. The van der Waals surface area contributed by atoms with E-state index in [1.807, 2.05) is 7.05 Å². The first-order valence-electron chi connectivity index (χ1n) is 7.38.